The number of anilines is 1. The van der Waals surface area contributed by atoms with Gasteiger partial charge in [-0.1, -0.05) is 0 Å². The average Bonchev–Trinajstić information content (AvgIpc) is 3.15. The maximum Gasteiger partial charge on any atom is 0.353 e. The number of carboxylic acids is 1. The monoisotopic (exact) mass is 461 g/mol. The Balaban J connectivity index is 1.89. The summed E-state index contributed by atoms with van der Waals surface area (Å²) in [6.07, 6.45) is 1.45. The maximum absolute atomic E-state index is 12.7. The van der Waals surface area contributed by atoms with Crippen LogP contribution in [-0.4, -0.2) is 39.8 Å². The van der Waals surface area contributed by atoms with Gasteiger partial charge in [-0.25, -0.2) is 14.6 Å². The fraction of sp³-hybridized carbons (Fsp3) is 0.160. The van der Waals surface area contributed by atoms with Gasteiger partial charge in [0.15, 0.2) is 0 Å². The second-order valence-corrected chi connectivity index (χ2v) is 7.73. The number of hydrogen-bond donors (Lipinski definition) is 2. The van der Waals surface area contributed by atoms with Crippen molar-refractivity contribution in [1.82, 2.24) is 9.55 Å². The van der Waals surface area contributed by atoms with Crippen LogP contribution in [0.2, 0.25) is 0 Å². The van der Waals surface area contributed by atoms with Crippen LogP contribution in [0.25, 0.3) is 16.6 Å². The number of nitrogen functional groups attached to an aromatic ring is 1. The zero-order valence-corrected chi connectivity index (χ0v) is 18.8. The standard InChI is InChI=1S/C25H23N3O6/c1-14(2)33-17-7-5-16(6-8-17)28-20-10-9-18(34-21-11-4-15(26)13-27-21)12-19(20)22(25(31)32-3)23(28)24(29)30/h4-14H,26H2,1-3H3,(H,29,30). The number of carbonyl (C=O) groups excluding carboxylic acids is 1. The number of aromatic carboxylic acids is 1. The Labute approximate surface area is 195 Å². The minimum atomic E-state index is -1.28. The molecule has 0 saturated heterocycles. The van der Waals surface area contributed by atoms with Crippen LogP contribution in [0, 0.1) is 0 Å². The van der Waals surface area contributed by atoms with E-state index in [4.69, 9.17) is 19.9 Å². The van der Waals surface area contributed by atoms with Crippen molar-refractivity contribution in [2.24, 2.45) is 0 Å². The lowest BCUT2D eigenvalue weighted by Crippen LogP contribution is -2.13. The van der Waals surface area contributed by atoms with Crippen LogP contribution in [-0.2, 0) is 4.74 Å². The molecule has 0 atom stereocenters. The molecule has 174 valence electrons. The first-order chi connectivity index (χ1) is 16.3. The van der Waals surface area contributed by atoms with Crippen molar-refractivity contribution in [3.63, 3.8) is 0 Å². The first-order valence-electron chi connectivity index (χ1n) is 10.4. The molecule has 34 heavy (non-hydrogen) atoms. The van der Waals surface area contributed by atoms with E-state index in [-0.39, 0.29) is 17.4 Å². The molecule has 0 spiro atoms. The number of carbonyl (C=O) groups is 2. The summed E-state index contributed by atoms with van der Waals surface area (Å²) in [6, 6.07) is 15.1. The van der Waals surface area contributed by atoms with E-state index in [1.807, 2.05) is 13.8 Å². The van der Waals surface area contributed by atoms with Crippen molar-refractivity contribution in [3.05, 3.63) is 72.1 Å². The number of nitrogens with two attached hydrogens (primary N) is 1. The van der Waals surface area contributed by atoms with E-state index in [0.717, 1.165) is 0 Å². The Morgan fingerprint density at radius 1 is 1.03 bits per heavy atom. The topological polar surface area (TPSA) is 126 Å². The summed E-state index contributed by atoms with van der Waals surface area (Å²) in [5.74, 6) is -0.742. The van der Waals surface area contributed by atoms with Crippen LogP contribution in [0.1, 0.15) is 34.7 Å². The molecule has 0 bridgehead atoms. The number of aromatic nitrogens is 2. The highest BCUT2D eigenvalue weighted by molar-refractivity contribution is 6.13. The quantitative estimate of drug-likeness (QED) is 0.380. The number of benzene rings is 2. The molecule has 4 rings (SSSR count). The predicted octanol–water partition coefficient (Wildman–Crippen LogP) is 4.67. The number of pyridine rings is 1. The zero-order valence-electron chi connectivity index (χ0n) is 18.8. The van der Waals surface area contributed by atoms with Crippen LogP contribution in [0.4, 0.5) is 5.69 Å². The molecule has 9 nitrogen and oxygen atoms in total. The lowest BCUT2D eigenvalue weighted by atomic mass is 10.1. The van der Waals surface area contributed by atoms with Gasteiger partial charge in [0.2, 0.25) is 5.88 Å². The smallest absolute Gasteiger partial charge is 0.353 e. The normalized spacial score (nSPS) is 10.9. The molecule has 0 fully saturated rings. The molecule has 0 aliphatic carbocycles. The Morgan fingerprint density at radius 3 is 2.32 bits per heavy atom. The maximum atomic E-state index is 12.7. The number of carboxylic acid groups (broad SMARTS) is 1. The van der Waals surface area contributed by atoms with E-state index < -0.39 is 11.9 Å². The largest absolute Gasteiger partial charge is 0.491 e. The minimum Gasteiger partial charge on any atom is -0.491 e. The van der Waals surface area contributed by atoms with Crippen LogP contribution in [0.15, 0.2) is 60.8 Å². The minimum absolute atomic E-state index is 0.00673. The molecule has 0 radical (unpaired) electrons. The van der Waals surface area contributed by atoms with Crippen molar-refractivity contribution in [1.29, 1.82) is 0 Å². The third kappa shape index (κ3) is 4.36. The van der Waals surface area contributed by atoms with Gasteiger partial charge in [-0.3, -0.25) is 0 Å². The molecular weight excluding hydrogens is 438 g/mol. The van der Waals surface area contributed by atoms with E-state index in [1.165, 1.54) is 17.9 Å². The SMILES string of the molecule is COC(=O)c1c(C(=O)O)n(-c2ccc(OC(C)C)cc2)c2ccc(Oc3ccc(N)cn3)cc12. The number of ether oxygens (including phenoxy) is 3. The molecule has 0 aliphatic rings. The Morgan fingerprint density at radius 2 is 1.74 bits per heavy atom. The lowest BCUT2D eigenvalue weighted by molar-refractivity contribution is 0.0583. The summed E-state index contributed by atoms with van der Waals surface area (Å²) in [4.78, 5) is 29.1. The van der Waals surface area contributed by atoms with E-state index >= 15 is 0 Å². The number of fused-ring (bicyclic) bond motifs is 1. The second-order valence-electron chi connectivity index (χ2n) is 7.73. The Hall–Kier alpha value is -4.53. The fourth-order valence-electron chi connectivity index (χ4n) is 3.63. The van der Waals surface area contributed by atoms with Gasteiger partial charge in [-0.15, -0.1) is 0 Å². The molecule has 2 aromatic heterocycles. The highest BCUT2D eigenvalue weighted by Gasteiger charge is 2.29. The van der Waals surface area contributed by atoms with Gasteiger partial charge < -0.3 is 29.6 Å². The van der Waals surface area contributed by atoms with Crippen molar-refractivity contribution in [2.45, 2.75) is 20.0 Å². The highest BCUT2D eigenvalue weighted by Crippen LogP contribution is 2.34. The van der Waals surface area contributed by atoms with Gasteiger partial charge in [0.1, 0.15) is 22.8 Å². The predicted molar refractivity (Wildman–Crippen MR) is 126 cm³/mol. The van der Waals surface area contributed by atoms with Crippen LogP contribution in [0.5, 0.6) is 17.4 Å². The molecule has 9 heteroatoms. The summed E-state index contributed by atoms with van der Waals surface area (Å²) >= 11 is 0. The molecule has 2 heterocycles. The van der Waals surface area contributed by atoms with Crippen molar-refractivity contribution in [2.75, 3.05) is 12.8 Å². The molecular formula is C25H23N3O6. The van der Waals surface area contributed by atoms with E-state index in [1.54, 1.807) is 54.6 Å². The Kier molecular flexibility index (Phi) is 6.09. The molecule has 0 amide bonds. The van der Waals surface area contributed by atoms with Crippen LogP contribution < -0.4 is 15.2 Å². The molecule has 0 aliphatic heterocycles. The first-order valence-corrected chi connectivity index (χ1v) is 10.4. The van der Waals surface area contributed by atoms with Gasteiger partial charge >= 0.3 is 11.9 Å². The number of esters is 1. The van der Waals surface area contributed by atoms with Crippen molar-refractivity contribution in [3.8, 4) is 23.1 Å². The van der Waals surface area contributed by atoms with E-state index in [9.17, 15) is 14.7 Å². The average molecular weight is 461 g/mol. The van der Waals surface area contributed by atoms with Gasteiger partial charge in [-0.2, -0.15) is 0 Å². The molecule has 0 unspecified atom stereocenters. The second kappa shape index (κ2) is 9.14. The third-order valence-corrected chi connectivity index (χ3v) is 4.98. The molecule has 0 saturated carbocycles. The third-order valence-electron chi connectivity index (χ3n) is 4.98. The number of rotatable bonds is 7. The molecule has 3 N–H and O–H groups in total. The number of hydrogen-bond acceptors (Lipinski definition) is 7. The fourth-order valence-corrected chi connectivity index (χ4v) is 3.63. The first kappa shape index (κ1) is 22.7. The lowest BCUT2D eigenvalue weighted by Gasteiger charge is -2.12. The zero-order chi connectivity index (χ0) is 24.4. The van der Waals surface area contributed by atoms with Crippen LogP contribution in [0.3, 0.4) is 0 Å². The van der Waals surface area contributed by atoms with Crippen molar-refractivity contribution >= 4 is 28.5 Å². The number of methoxy groups -OCH3 is 1. The summed E-state index contributed by atoms with van der Waals surface area (Å²) in [6.45, 7) is 3.83. The summed E-state index contributed by atoms with van der Waals surface area (Å²) in [5, 5.41) is 10.4. The Bertz CT molecular complexity index is 1360. The molecule has 2 aromatic carbocycles. The van der Waals surface area contributed by atoms with Crippen molar-refractivity contribution < 1.29 is 28.9 Å². The number of nitrogens with zero attached hydrogens (tertiary/aromatic N) is 2. The summed E-state index contributed by atoms with van der Waals surface area (Å²) < 4.78 is 17.9. The molecule has 4 aromatic rings. The van der Waals surface area contributed by atoms with Gasteiger partial charge in [0, 0.05) is 17.1 Å². The summed E-state index contributed by atoms with van der Waals surface area (Å²) in [7, 11) is 1.20. The summed E-state index contributed by atoms with van der Waals surface area (Å²) in [5.41, 5.74) is 6.89. The van der Waals surface area contributed by atoms with Gasteiger partial charge in [-0.05, 0) is 62.4 Å². The van der Waals surface area contributed by atoms with Gasteiger partial charge in [0.05, 0.1) is 30.6 Å². The van der Waals surface area contributed by atoms with Gasteiger partial charge in [0.25, 0.3) is 0 Å². The highest BCUT2D eigenvalue weighted by atomic mass is 16.5. The van der Waals surface area contributed by atoms with E-state index in [2.05, 4.69) is 4.98 Å². The van der Waals surface area contributed by atoms with E-state index in [0.29, 0.717) is 39.7 Å². The van der Waals surface area contributed by atoms with Crippen LogP contribution >= 0.6 is 0 Å².